The van der Waals surface area contributed by atoms with E-state index in [0.717, 1.165) is 0 Å². The van der Waals surface area contributed by atoms with Gasteiger partial charge < -0.3 is 10.1 Å². The number of sulfone groups is 1. The molecule has 0 aromatic carbocycles. The molecule has 0 fully saturated rings. The Morgan fingerprint density at radius 1 is 1.61 bits per heavy atom. The van der Waals surface area contributed by atoms with Crippen LogP contribution in [-0.4, -0.2) is 44.0 Å². The second kappa shape index (κ2) is 6.14. The minimum Gasteiger partial charge on any atom is -0.461 e. The summed E-state index contributed by atoms with van der Waals surface area (Å²) in [6, 6.07) is -0.263. The zero-order valence-corrected chi connectivity index (χ0v) is 12.1. The standard InChI is InChI=1S/C10H16N2O4S2/c1-4-16-9(13)8-5-17-10(12-8)11-7(2)6-18(3,14)15/h5,7H,4,6H2,1-3H3,(H,11,12). The highest BCUT2D eigenvalue weighted by molar-refractivity contribution is 7.90. The minimum atomic E-state index is -3.04. The van der Waals surface area contributed by atoms with Crippen LogP contribution in [0, 0.1) is 0 Å². The van der Waals surface area contributed by atoms with E-state index in [2.05, 4.69) is 10.3 Å². The molecule has 6 nitrogen and oxygen atoms in total. The van der Waals surface area contributed by atoms with E-state index in [1.165, 1.54) is 17.6 Å². The number of carbonyl (C=O) groups excluding carboxylic acids is 1. The lowest BCUT2D eigenvalue weighted by Crippen LogP contribution is -2.24. The van der Waals surface area contributed by atoms with Crippen LogP contribution in [0.1, 0.15) is 24.3 Å². The number of esters is 1. The molecule has 0 aliphatic rings. The van der Waals surface area contributed by atoms with Gasteiger partial charge in [-0.15, -0.1) is 11.3 Å². The van der Waals surface area contributed by atoms with Gasteiger partial charge in [0.05, 0.1) is 12.4 Å². The summed E-state index contributed by atoms with van der Waals surface area (Å²) in [4.78, 5) is 15.4. The van der Waals surface area contributed by atoms with Gasteiger partial charge in [-0.2, -0.15) is 0 Å². The fraction of sp³-hybridized carbons (Fsp3) is 0.600. The van der Waals surface area contributed by atoms with Crippen molar-refractivity contribution < 1.29 is 17.9 Å². The fourth-order valence-corrected chi connectivity index (χ4v) is 3.13. The Kier molecular flexibility index (Phi) is 5.09. The Balaban J connectivity index is 2.61. The van der Waals surface area contributed by atoms with Gasteiger partial charge in [0, 0.05) is 17.7 Å². The van der Waals surface area contributed by atoms with E-state index in [1.54, 1.807) is 19.2 Å². The SMILES string of the molecule is CCOC(=O)c1csc(NC(C)CS(C)(=O)=O)n1. The smallest absolute Gasteiger partial charge is 0.357 e. The monoisotopic (exact) mass is 292 g/mol. The van der Waals surface area contributed by atoms with E-state index in [9.17, 15) is 13.2 Å². The summed E-state index contributed by atoms with van der Waals surface area (Å²) < 4.78 is 27.0. The number of thiazole rings is 1. The fourth-order valence-electron chi connectivity index (χ4n) is 1.35. The van der Waals surface area contributed by atoms with Crippen molar-refractivity contribution in [3.63, 3.8) is 0 Å². The van der Waals surface area contributed by atoms with E-state index in [0.29, 0.717) is 11.7 Å². The van der Waals surface area contributed by atoms with Crippen LogP contribution >= 0.6 is 11.3 Å². The molecule has 1 rings (SSSR count). The summed E-state index contributed by atoms with van der Waals surface area (Å²) in [6.07, 6.45) is 1.18. The predicted octanol–water partition coefficient (Wildman–Crippen LogP) is 1.16. The molecule has 1 aromatic heterocycles. The van der Waals surface area contributed by atoms with Crippen LogP contribution in [0.4, 0.5) is 5.13 Å². The number of anilines is 1. The van der Waals surface area contributed by atoms with Gasteiger partial charge in [-0.25, -0.2) is 18.2 Å². The molecule has 1 aromatic rings. The molecule has 1 heterocycles. The van der Waals surface area contributed by atoms with Crippen molar-refractivity contribution in [3.05, 3.63) is 11.1 Å². The van der Waals surface area contributed by atoms with Crippen molar-refractivity contribution in [3.8, 4) is 0 Å². The molecule has 18 heavy (non-hydrogen) atoms. The number of hydrogen-bond donors (Lipinski definition) is 1. The number of carbonyl (C=O) groups is 1. The number of nitrogens with one attached hydrogen (secondary N) is 1. The summed E-state index contributed by atoms with van der Waals surface area (Å²) in [5, 5.41) is 5.02. The van der Waals surface area contributed by atoms with Gasteiger partial charge in [-0.3, -0.25) is 0 Å². The summed E-state index contributed by atoms with van der Waals surface area (Å²) in [5.41, 5.74) is 0.232. The maximum atomic E-state index is 11.4. The summed E-state index contributed by atoms with van der Waals surface area (Å²) >= 11 is 1.24. The highest BCUT2D eigenvalue weighted by Gasteiger charge is 2.15. The maximum absolute atomic E-state index is 11.4. The molecule has 0 spiro atoms. The van der Waals surface area contributed by atoms with Gasteiger partial charge in [0.1, 0.15) is 9.84 Å². The molecule has 8 heteroatoms. The lowest BCUT2D eigenvalue weighted by molar-refractivity contribution is 0.0520. The van der Waals surface area contributed by atoms with Gasteiger partial charge >= 0.3 is 5.97 Å². The van der Waals surface area contributed by atoms with Crippen molar-refractivity contribution in [2.45, 2.75) is 19.9 Å². The van der Waals surface area contributed by atoms with Crippen LogP contribution in [0.5, 0.6) is 0 Å². The Hall–Kier alpha value is -1.15. The topological polar surface area (TPSA) is 85.4 Å². The molecule has 0 saturated heterocycles. The quantitative estimate of drug-likeness (QED) is 0.792. The number of rotatable bonds is 6. The third-order valence-electron chi connectivity index (χ3n) is 1.91. The lowest BCUT2D eigenvalue weighted by Gasteiger charge is -2.10. The second-order valence-corrected chi connectivity index (χ2v) is 6.94. The molecule has 0 saturated carbocycles. The summed E-state index contributed by atoms with van der Waals surface area (Å²) in [6.45, 7) is 3.76. The van der Waals surface area contributed by atoms with E-state index >= 15 is 0 Å². The number of hydrogen-bond acceptors (Lipinski definition) is 7. The van der Waals surface area contributed by atoms with Crippen LogP contribution in [-0.2, 0) is 14.6 Å². The third-order valence-corrected chi connectivity index (χ3v) is 3.79. The average molecular weight is 292 g/mol. The first kappa shape index (κ1) is 14.9. The number of ether oxygens (including phenoxy) is 1. The van der Waals surface area contributed by atoms with Crippen LogP contribution < -0.4 is 5.32 Å². The predicted molar refractivity (Wildman–Crippen MR) is 70.9 cm³/mol. The zero-order valence-electron chi connectivity index (χ0n) is 10.5. The number of aromatic nitrogens is 1. The van der Waals surface area contributed by atoms with Gasteiger partial charge in [0.2, 0.25) is 0 Å². The largest absolute Gasteiger partial charge is 0.461 e. The van der Waals surface area contributed by atoms with Crippen molar-refractivity contribution in [2.24, 2.45) is 0 Å². The summed E-state index contributed by atoms with van der Waals surface area (Å²) in [7, 11) is -3.04. The molecule has 0 aliphatic carbocycles. The van der Waals surface area contributed by atoms with Gasteiger partial charge in [0.15, 0.2) is 10.8 Å². The first-order valence-corrected chi connectivity index (χ1v) is 8.32. The molecule has 1 unspecified atom stereocenters. The van der Waals surface area contributed by atoms with Crippen LogP contribution in [0.2, 0.25) is 0 Å². The van der Waals surface area contributed by atoms with Crippen molar-refractivity contribution in [1.29, 1.82) is 0 Å². The Morgan fingerprint density at radius 2 is 2.28 bits per heavy atom. The van der Waals surface area contributed by atoms with E-state index < -0.39 is 15.8 Å². The van der Waals surface area contributed by atoms with Gasteiger partial charge in [-0.1, -0.05) is 0 Å². The zero-order chi connectivity index (χ0) is 13.8. The van der Waals surface area contributed by atoms with Crippen molar-refractivity contribution in [1.82, 2.24) is 4.98 Å². The molecule has 1 N–H and O–H groups in total. The molecule has 102 valence electrons. The first-order chi connectivity index (χ1) is 8.31. The van der Waals surface area contributed by atoms with Crippen LogP contribution in [0.15, 0.2) is 5.38 Å². The molecular formula is C10H16N2O4S2. The maximum Gasteiger partial charge on any atom is 0.357 e. The van der Waals surface area contributed by atoms with Crippen LogP contribution in [0.25, 0.3) is 0 Å². The molecular weight excluding hydrogens is 276 g/mol. The van der Waals surface area contributed by atoms with Crippen molar-refractivity contribution >= 4 is 32.3 Å². The minimum absolute atomic E-state index is 0.0152. The van der Waals surface area contributed by atoms with E-state index in [1.807, 2.05) is 0 Å². The molecule has 0 amide bonds. The highest BCUT2D eigenvalue weighted by atomic mass is 32.2. The van der Waals surface area contributed by atoms with E-state index in [-0.39, 0.29) is 17.5 Å². The van der Waals surface area contributed by atoms with Crippen molar-refractivity contribution in [2.75, 3.05) is 23.9 Å². The van der Waals surface area contributed by atoms with Gasteiger partial charge in [-0.05, 0) is 13.8 Å². The third kappa shape index (κ3) is 5.01. The van der Waals surface area contributed by atoms with Gasteiger partial charge in [0.25, 0.3) is 0 Å². The Morgan fingerprint density at radius 3 is 2.83 bits per heavy atom. The Bertz CT molecular complexity index is 510. The normalized spacial score (nSPS) is 13.1. The first-order valence-electron chi connectivity index (χ1n) is 5.38. The molecule has 0 aliphatic heterocycles. The highest BCUT2D eigenvalue weighted by Crippen LogP contribution is 2.17. The van der Waals surface area contributed by atoms with Crippen LogP contribution in [0.3, 0.4) is 0 Å². The molecule has 0 bridgehead atoms. The molecule has 0 radical (unpaired) electrons. The van der Waals surface area contributed by atoms with E-state index in [4.69, 9.17) is 4.74 Å². The average Bonchev–Trinajstić information content (AvgIpc) is 2.63. The second-order valence-electron chi connectivity index (χ2n) is 3.90. The lowest BCUT2D eigenvalue weighted by atomic mass is 10.4. The number of nitrogens with zero attached hydrogens (tertiary/aromatic N) is 1. The summed E-state index contributed by atoms with van der Waals surface area (Å²) in [5.74, 6) is -0.459. The molecule has 1 atom stereocenters. The Labute approximate surface area is 110 Å².